The first-order chi connectivity index (χ1) is 11.5. The summed E-state index contributed by atoms with van der Waals surface area (Å²) >= 11 is 0. The van der Waals surface area contributed by atoms with E-state index >= 15 is 0 Å². The van der Waals surface area contributed by atoms with Crippen molar-refractivity contribution in [3.05, 3.63) is 22.8 Å². The zero-order valence-corrected chi connectivity index (χ0v) is 14.9. The Labute approximate surface area is 144 Å². The number of fused-ring (bicyclic) bond motifs is 1. The molecule has 3 rings (SSSR count). The second kappa shape index (κ2) is 7.32. The summed E-state index contributed by atoms with van der Waals surface area (Å²) in [6, 6.07) is 0. The van der Waals surface area contributed by atoms with Crippen LogP contribution in [0.2, 0.25) is 0 Å². The predicted molar refractivity (Wildman–Crippen MR) is 91.5 cm³/mol. The second-order valence-electron chi connectivity index (χ2n) is 7.51. The van der Waals surface area contributed by atoms with Crippen LogP contribution in [0.4, 0.5) is 0 Å². The molecule has 132 valence electrons. The summed E-state index contributed by atoms with van der Waals surface area (Å²) < 4.78 is 10.8. The van der Waals surface area contributed by atoms with Crippen LogP contribution in [-0.4, -0.2) is 31.6 Å². The Morgan fingerprint density at radius 1 is 1.17 bits per heavy atom. The fraction of sp³-hybridized carbons (Fsp3) is 0.700. The maximum Gasteiger partial charge on any atom is 0.156 e. The van der Waals surface area contributed by atoms with Crippen molar-refractivity contribution >= 4 is 11.6 Å². The Kier molecular flexibility index (Phi) is 5.36. The molecule has 0 saturated heterocycles. The normalized spacial score (nSPS) is 30.6. The summed E-state index contributed by atoms with van der Waals surface area (Å²) in [4.78, 5) is 24.1. The zero-order valence-electron chi connectivity index (χ0n) is 14.9. The van der Waals surface area contributed by atoms with Crippen LogP contribution in [0.15, 0.2) is 22.8 Å². The van der Waals surface area contributed by atoms with Gasteiger partial charge in [-0.1, -0.05) is 12.5 Å². The molecule has 0 aromatic heterocycles. The first kappa shape index (κ1) is 17.6. The Hall–Kier alpha value is -1.26. The molecule has 3 aliphatic rings. The number of ether oxygens (including phenoxy) is 2. The van der Waals surface area contributed by atoms with Crippen LogP contribution in [0.25, 0.3) is 0 Å². The molecule has 0 N–H and O–H groups in total. The first-order valence-electron chi connectivity index (χ1n) is 9.13. The average molecular weight is 332 g/mol. The minimum absolute atomic E-state index is 0.0397. The summed E-state index contributed by atoms with van der Waals surface area (Å²) in [5.41, 5.74) is 3.72. The topological polar surface area (TPSA) is 52.6 Å². The predicted octanol–water partition coefficient (Wildman–Crippen LogP) is 3.89. The molecule has 0 aliphatic heterocycles. The molecule has 0 amide bonds. The molecule has 2 atom stereocenters. The third-order valence-corrected chi connectivity index (χ3v) is 6.01. The van der Waals surface area contributed by atoms with Gasteiger partial charge in [0.15, 0.2) is 5.78 Å². The Morgan fingerprint density at radius 2 is 2.00 bits per heavy atom. The van der Waals surface area contributed by atoms with E-state index in [0.717, 1.165) is 44.9 Å². The number of hydrogen-bond acceptors (Lipinski definition) is 4. The lowest BCUT2D eigenvalue weighted by molar-refractivity contribution is -0.138. The fourth-order valence-electron chi connectivity index (χ4n) is 4.48. The molecule has 1 fully saturated rings. The molecule has 0 aromatic rings. The Balaban J connectivity index is 1.72. The van der Waals surface area contributed by atoms with E-state index in [2.05, 4.69) is 6.92 Å². The number of carbonyl (C=O) groups is 2. The maximum absolute atomic E-state index is 12.5. The number of ketones is 2. The van der Waals surface area contributed by atoms with Crippen LogP contribution in [0.3, 0.4) is 0 Å². The number of allylic oxidation sites excluding steroid dienone is 4. The van der Waals surface area contributed by atoms with E-state index in [1.807, 2.05) is 6.08 Å². The monoisotopic (exact) mass is 332 g/mol. The summed E-state index contributed by atoms with van der Waals surface area (Å²) in [6.45, 7) is 2.30. The summed E-state index contributed by atoms with van der Waals surface area (Å²) in [5, 5.41) is 0. The molecular formula is C20H28O4. The van der Waals surface area contributed by atoms with Crippen molar-refractivity contribution in [3.63, 3.8) is 0 Å². The number of rotatable bonds is 6. The minimum Gasteiger partial charge on any atom is -0.359 e. The molecule has 0 aromatic carbocycles. The Morgan fingerprint density at radius 3 is 2.79 bits per heavy atom. The zero-order chi connectivity index (χ0) is 17.2. The number of methoxy groups -OCH3 is 1. The lowest BCUT2D eigenvalue weighted by atomic mass is 9.75. The lowest BCUT2D eigenvalue weighted by Crippen LogP contribution is -2.35. The van der Waals surface area contributed by atoms with E-state index in [4.69, 9.17) is 9.47 Å². The third-order valence-electron chi connectivity index (χ3n) is 6.01. The van der Waals surface area contributed by atoms with Gasteiger partial charge < -0.3 is 9.47 Å². The largest absolute Gasteiger partial charge is 0.359 e. The van der Waals surface area contributed by atoms with Crippen LogP contribution in [0, 0.1) is 5.41 Å². The van der Waals surface area contributed by atoms with Crippen LogP contribution in [-0.2, 0) is 19.1 Å². The Bertz CT molecular complexity index is 586. The van der Waals surface area contributed by atoms with Gasteiger partial charge in [-0.2, -0.15) is 0 Å². The van der Waals surface area contributed by atoms with E-state index in [0.29, 0.717) is 18.6 Å². The SMILES string of the molecule is COCO[C@@H]1CCC(=O)[C@]1(C)CCC1=C2CCC(=O)C=C2CCC1. The smallest absolute Gasteiger partial charge is 0.156 e. The van der Waals surface area contributed by atoms with Crippen LogP contribution in [0.5, 0.6) is 0 Å². The average Bonchev–Trinajstić information content (AvgIpc) is 2.86. The molecule has 0 spiro atoms. The third kappa shape index (κ3) is 3.40. The van der Waals surface area contributed by atoms with Gasteiger partial charge in [-0.15, -0.1) is 0 Å². The van der Waals surface area contributed by atoms with Gasteiger partial charge in [0.25, 0.3) is 0 Å². The molecule has 3 aliphatic carbocycles. The van der Waals surface area contributed by atoms with Crippen molar-refractivity contribution in [2.75, 3.05) is 13.9 Å². The van der Waals surface area contributed by atoms with Crippen LogP contribution in [0.1, 0.15) is 64.7 Å². The van der Waals surface area contributed by atoms with Crippen molar-refractivity contribution in [1.29, 1.82) is 0 Å². The van der Waals surface area contributed by atoms with Crippen molar-refractivity contribution in [2.24, 2.45) is 5.41 Å². The lowest BCUT2D eigenvalue weighted by Gasteiger charge is -2.32. The van der Waals surface area contributed by atoms with Gasteiger partial charge in [0, 0.05) is 20.0 Å². The van der Waals surface area contributed by atoms with E-state index in [-0.39, 0.29) is 18.7 Å². The van der Waals surface area contributed by atoms with Gasteiger partial charge in [-0.05, 0) is 62.2 Å². The van der Waals surface area contributed by atoms with E-state index in [9.17, 15) is 9.59 Å². The van der Waals surface area contributed by atoms with Crippen molar-refractivity contribution in [1.82, 2.24) is 0 Å². The maximum atomic E-state index is 12.5. The van der Waals surface area contributed by atoms with Gasteiger partial charge in [0.2, 0.25) is 0 Å². The van der Waals surface area contributed by atoms with Gasteiger partial charge in [-0.25, -0.2) is 0 Å². The standard InChI is InChI=1S/C20H28O4/c1-20(18(22)8-9-19(20)24-13-23-2)11-10-14-4-3-5-15-12-16(21)6-7-17(14)15/h12,19H,3-11,13H2,1-2H3/t19-,20+/m1/s1. The van der Waals surface area contributed by atoms with Crippen molar-refractivity contribution in [3.8, 4) is 0 Å². The van der Waals surface area contributed by atoms with Crippen LogP contribution >= 0.6 is 0 Å². The molecule has 0 unspecified atom stereocenters. The number of hydrogen-bond donors (Lipinski definition) is 0. The summed E-state index contributed by atoms with van der Waals surface area (Å²) in [6.07, 6.45) is 9.76. The fourth-order valence-corrected chi connectivity index (χ4v) is 4.48. The first-order valence-corrected chi connectivity index (χ1v) is 9.13. The molecule has 4 nitrogen and oxygen atoms in total. The van der Waals surface area contributed by atoms with Crippen molar-refractivity contribution in [2.45, 2.75) is 70.8 Å². The van der Waals surface area contributed by atoms with E-state index < -0.39 is 5.41 Å². The molecule has 24 heavy (non-hydrogen) atoms. The van der Waals surface area contributed by atoms with Crippen LogP contribution < -0.4 is 0 Å². The second-order valence-corrected chi connectivity index (χ2v) is 7.51. The molecule has 0 bridgehead atoms. The van der Waals surface area contributed by atoms with E-state index in [1.165, 1.54) is 16.7 Å². The number of carbonyl (C=O) groups excluding carboxylic acids is 2. The quantitative estimate of drug-likeness (QED) is 0.692. The summed E-state index contributed by atoms with van der Waals surface area (Å²) in [5.74, 6) is 0.584. The minimum atomic E-state index is -0.405. The summed E-state index contributed by atoms with van der Waals surface area (Å²) in [7, 11) is 1.61. The van der Waals surface area contributed by atoms with Crippen molar-refractivity contribution < 1.29 is 19.1 Å². The number of Topliss-reactive ketones (excluding diaryl/α,β-unsaturated/α-hetero) is 1. The highest BCUT2D eigenvalue weighted by Gasteiger charge is 2.46. The van der Waals surface area contributed by atoms with E-state index in [1.54, 1.807) is 7.11 Å². The molecular weight excluding hydrogens is 304 g/mol. The van der Waals surface area contributed by atoms with Gasteiger partial charge in [-0.3, -0.25) is 9.59 Å². The van der Waals surface area contributed by atoms with Gasteiger partial charge >= 0.3 is 0 Å². The molecule has 0 heterocycles. The molecule has 1 saturated carbocycles. The highest BCUT2D eigenvalue weighted by molar-refractivity contribution is 5.93. The molecule has 0 radical (unpaired) electrons. The molecule has 4 heteroatoms. The van der Waals surface area contributed by atoms with Gasteiger partial charge in [0.1, 0.15) is 12.6 Å². The highest BCUT2D eigenvalue weighted by atomic mass is 16.7. The van der Waals surface area contributed by atoms with Gasteiger partial charge in [0.05, 0.1) is 11.5 Å². The highest BCUT2D eigenvalue weighted by Crippen LogP contribution is 2.44.